The number of nitrogens with two attached hydrogens (primary N) is 1. The number of aliphatic hydroxyl groups excluding tert-OH is 1. The number of halogens is 4. The summed E-state index contributed by atoms with van der Waals surface area (Å²) in [4.78, 5) is 0. The van der Waals surface area contributed by atoms with Crippen LogP contribution in [0.3, 0.4) is 0 Å². The fraction of sp³-hybridized carbons (Fsp3) is 0.455. The number of methoxy groups -OCH3 is 2. The number of hydrogen-bond donors (Lipinski definition) is 2. The molecule has 0 aliphatic rings. The van der Waals surface area contributed by atoms with Gasteiger partial charge in [0.25, 0.3) is 5.92 Å². The molecule has 3 N–H and O–H groups in total. The molecule has 0 saturated heterocycles. The highest BCUT2D eigenvalue weighted by Gasteiger charge is 2.39. The van der Waals surface area contributed by atoms with Crippen LogP contribution >= 0.6 is 12.4 Å². The lowest BCUT2D eigenvalue weighted by atomic mass is 10.0. The molecule has 0 amide bonds. The van der Waals surface area contributed by atoms with Crippen LogP contribution in [0.1, 0.15) is 11.6 Å². The van der Waals surface area contributed by atoms with Crippen LogP contribution in [0.4, 0.5) is 13.2 Å². The molecule has 0 aliphatic heterocycles. The minimum Gasteiger partial charge on any atom is -0.493 e. The average molecular weight is 302 g/mol. The second-order valence-corrected chi connectivity index (χ2v) is 3.63. The number of benzene rings is 1. The molecule has 0 aromatic heterocycles. The maximum atomic E-state index is 13.6. The molecule has 1 aromatic rings. The van der Waals surface area contributed by atoms with E-state index in [0.29, 0.717) is 0 Å². The first kappa shape index (κ1) is 17.8. The Morgan fingerprint density at radius 3 is 2.16 bits per heavy atom. The van der Waals surface area contributed by atoms with Crippen molar-refractivity contribution in [1.29, 1.82) is 0 Å². The third kappa shape index (κ3) is 3.65. The Kier molecular flexibility index (Phi) is 6.41. The Bertz CT molecular complexity index is 432. The highest BCUT2D eigenvalue weighted by Crippen LogP contribution is 2.36. The molecule has 0 fully saturated rings. The molecule has 1 atom stereocenters. The first-order valence-electron chi connectivity index (χ1n) is 5.03. The van der Waals surface area contributed by atoms with Crippen LogP contribution in [0.2, 0.25) is 0 Å². The normalized spacial score (nSPS) is 12.6. The Hall–Kier alpha value is -1.18. The summed E-state index contributed by atoms with van der Waals surface area (Å²) in [7, 11) is 2.58. The number of ether oxygens (including phenoxy) is 2. The number of aliphatic hydroxyl groups is 1. The van der Waals surface area contributed by atoms with E-state index in [0.717, 1.165) is 12.1 Å². The predicted octanol–water partition coefficient (Wildman–Crippen LogP) is 1.89. The van der Waals surface area contributed by atoms with E-state index in [4.69, 9.17) is 20.3 Å². The molecule has 0 unspecified atom stereocenters. The SMILES string of the molecule is COc1cc(F)c([C@H](N)C(F)(F)CO)cc1OC.Cl. The molecule has 1 aromatic carbocycles. The van der Waals surface area contributed by atoms with Gasteiger partial charge in [-0.25, -0.2) is 13.2 Å². The van der Waals surface area contributed by atoms with Gasteiger partial charge in [0.2, 0.25) is 0 Å². The van der Waals surface area contributed by atoms with E-state index in [1.807, 2.05) is 0 Å². The van der Waals surface area contributed by atoms with Crippen LogP contribution in [0, 0.1) is 5.82 Å². The topological polar surface area (TPSA) is 64.7 Å². The molecule has 0 radical (unpaired) electrons. The standard InChI is InChI=1S/C11H14F3NO3.ClH/c1-17-8-3-6(7(12)4-9(8)18-2)10(15)11(13,14)5-16;/h3-4,10,16H,5,15H2,1-2H3;1H/t10-;/m0./s1. The Morgan fingerprint density at radius 1 is 1.26 bits per heavy atom. The summed E-state index contributed by atoms with van der Waals surface area (Å²) in [5.74, 6) is -4.43. The molecule has 0 saturated carbocycles. The van der Waals surface area contributed by atoms with Gasteiger partial charge in [0.1, 0.15) is 12.4 Å². The van der Waals surface area contributed by atoms with Gasteiger partial charge in [-0.3, -0.25) is 0 Å². The fourth-order valence-corrected chi connectivity index (χ4v) is 1.43. The van der Waals surface area contributed by atoms with Gasteiger partial charge >= 0.3 is 0 Å². The van der Waals surface area contributed by atoms with E-state index in [9.17, 15) is 13.2 Å². The largest absolute Gasteiger partial charge is 0.493 e. The first-order valence-corrected chi connectivity index (χ1v) is 5.03. The number of rotatable bonds is 5. The van der Waals surface area contributed by atoms with Crippen molar-refractivity contribution >= 4 is 12.4 Å². The van der Waals surface area contributed by atoms with Gasteiger partial charge in [-0.15, -0.1) is 12.4 Å². The molecule has 0 spiro atoms. The minimum atomic E-state index is -3.62. The van der Waals surface area contributed by atoms with E-state index < -0.39 is 30.0 Å². The van der Waals surface area contributed by atoms with E-state index in [1.165, 1.54) is 14.2 Å². The lowest BCUT2D eigenvalue weighted by Crippen LogP contribution is -2.36. The summed E-state index contributed by atoms with van der Waals surface area (Å²) in [6.45, 7) is -1.47. The predicted molar refractivity (Wildman–Crippen MR) is 65.7 cm³/mol. The molecule has 1 rings (SSSR count). The lowest BCUT2D eigenvalue weighted by molar-refractivity contribution is -0.0719. The van der Waals surface area contributed by atoms with Crippen molar-refractivity contribution in [3.05, 3.63) is 23.5 Å². The quantitative estimate of drug-likeness (QED) is 0.872. The molecule has 4 nitrogen and oxygen atoms in total. The maximum Gasteiger partial charge on any atom is 0.289 e. The van der Waals surface area contributed by atoms with Crippen LogP contribution < -0.4 is 15.2 Å². The van der Waals surface area contributed by atoms with Gasteiger partial charge in [-0.1, -0.05) is 0 Å². The van der Waals surface area contributed by atoms with E-state index in [1.54, 1.807) is 0 Å². The highest BCUT2D eigenvalue weighted by molar-refractivity contribution is 5.85. The molecule has 110 valence electrons. The van der Waals surface area contributed by atoms with Crippen molar-refractivity contribution in [2.75, 3.05) is 20.8 Å². The Balaban J connectivity index is 0.00000324. The van der Waals surface area contributed by atoms with E-state index in [-0.39, 0.29) is 23.9 Å². The van der Waals surface area contributed by atoms with Crippen molar-refractivity contribution < 1.29 is 27.8 Å². The van der Waals surface area contributed by atoms with Gasteiger partial charge in [0.15, 0.2) is 11.5 Å². The van der Waals surface area contributed by atoms with Crippen molar-refractivity contribution in [2.24, 2.45) is 5.73 Å². The zero-order valence-corrected chi connectivity index (χ0v) is 11.1. The molecule has 0 aliphatic carbocycles. The van der Waals surface area contributed by atoms with Crippen molar-refractivity contribution in [3.8, 4) is 11.5 Å². The highest BCUT2D eigenvalue weighted by atomic mass is 35.5. The minimum absolute atomic E-state index is 0. The van der Waals surface area contributed by atoms with Crippen molar-refractivity contribution in [1.82, 2.24) is 0 Å². The molecule has 19 heavy (non-hydrogen) atoms. The summed E-state index contributed by atoms with van der Waals surface area (Å²) in [6.07, 6.45) is 0. The average Bonchev–Trinajstić information content (AvgIpc) is 2.37. The van der Waals surface area contributed by atoms with Gasteiger partial charge in [-0.05, 0) is 6.07 Å². The molecular weight excluding hydrogens is 287 g/mol. The van der Waals surface area contributed by atoms with Crippen molar-refractivity contribution in [2.45, 2.75) is 12.0 Å². The Labute approximate surface area is 114 Å². The van der Waals surface area contributed by atoms with Gasteiger partial charge in [0, 0.05) is 11.6 Å². The van der Waals surface area contributed by atoms with Crippen molar-refractivity contribution in [3.63, 3.8) is 0 Å². The molecule has 0 bridgehead atoms. The molecule has 0 heterocycles. The summed E-state index contributed by atoms with van der Waals surface area (Å²) >= 11 is 0. The number of alkyl halides is 2. The summed E-state index contributed by atoms with van der Waals surface area (Å²) < 4.78 is 49.8. The third-order valence-corrected chi connectivity index (χ3v) is 2.50. The third-order valence-electron chi connectivity index (χ3n) is 2.50. The summed E-state index contributed by atoms with van der Waals surface area (Å²) in [5.41, 5.74) is 4.80. The first-order chi connectivity index (χ1) is 8.37. The Morgan fingerprint density at radius 2 is 1.74 bits per heavy atom. The fourth-order valence-electron chi connectivity index (χ4n) is 1.43. The summed E-state index contributed by atoms with van der Waals surface area (Å²) in [5, 5.41) is 8.54. The van der Waals surface area contributed by atoms with Crippen LogP contribution in [0.15, 0.2) is 12.1 Å². The smallest absolute Gasteiger partial charge is 0.289 e. The van der Waals surface area contributed by atoms with Crippen LogP contribution in [-0.2, 0) is 0 Å². The molecule has 8 heteroatoms. The zero-order valence-electron chi connectivity index (χ0n) is 10.3. The molecular formula is C11H15ClF3NO3. The monoisotopic (exact) mass is 301 g/mol. The van der Waals surface area contributed by atoms with E-state index >= 15 is 0 Å². The van der Waals surface area contributed by atoms with Gasteiger partial charge in [0.05, 0.1) is 20.3 Å². The van der Waals surface area contributed by atoms with Crippen LogP contribution in [-0.4, -0.2) is 31.9 Å². The second kappa shape index (κ2) is 6.83. The van der Waals surface area contributed by atoms with Crippen LogP contribution in [0.25, 0.3) is 0 Å². The lowest BCUT2D eigenvalue weighted by Gasteiger charge is -2.23. The van der Waals surface area contributed by atoms with Gasteiger partial charge < -0.3 is 20.3 Å². The second-order valence-electron chi connectivity index (χ2n) is 3.63. The van der Waals surface area contributed by atoms with Crippen LogP contribution in [0.5, 0.6) is 11.5 Å². The van der Waals surface area contributed by atoms with E-state index in [2.05, 4.69) is 0 Å². The summed E-state index contributed by atoms with van der Waals surface area (Å²) in [6, 6.07) is -0.0357. The maximum absolute atomic E-state index is 13.6. The number of hydrogen-bond acceptors (Lipinski definition) is 4. The zero-order chi connectivity index (χ0) is 13.9. The van der Waals surface area contributed by atoms with Gasteiger partial charge in [-0.2, -0.15) is 0 Å².